The first-order chi connectivity index (χ1) is 12.2. The lowest BCUT2D eigenvalue weighted by Crippen LogP contribution is -2.25. The molecule has 0 saturated carbocycles. The summed E-state index contributed by atoms with van der Waals surface area (Å²) in [6.07, 6.45) is 1.50. The molecule has 0 aliphatic carbocycles. The molecule has 0 fully saturated rings. The number of benzene rings is 2. The second-order valence-electron chi connectivity index (χ2n) is 5.60. The summed E-state index contributed by atoms with van der Waals surface area (Å²) in [4.78, 5) is 12.3. The van der Waals surface area contributed by atoms with Crippen LogP contribution in [0.3, 0.4) is 0 Å². The van der Waals surface area contributed by atoms with E-state index in [9.17, 15) is 4.79 Å². The number of aryl methyl sites for hydroxylation is 1. The maximum Gasteiger partial charge on any atom is 0.251 e. The molecule has 1 aromatic heterocycles. The normalized spacial score (nSPS) is 10.6. The van der Waals surface area contributed by atoms with Gasteiger partial charge in [-0.1, -0.05) is 35.9 Å². The predicted octanol–water partition coefficient (Wildman–Crippen LogP) is 2.63. The molecule has 1 N–H and O–H groups in total. The molecule has 0 radical (unpaired) electrons. The van der Waals surface area contributed by atoms with Gasteiger partial charge in [0.15, 0.2) is 0 Å². The van der Waals surface area contributed by atoms with Crippen molar-refractivity contribution < 1.29 is 4.79 Å². The van der Waals surface area contributed by atoms with Crippen molar-refractivity contribution in [3.05, 3.63) is 71.5 Å². The topological polar surface area (TPSA) is 72.7 Å². The van der Waals surface area contributed by atoms with Crippen LogP contribution in [0.15, 0.2) is 54.9 Å². The molecule has 7 heteroatoms. The number of tetrazole rings is 1. The van der Waals surface area contributed by atoms with Crippen molar-refractivity contribution in [2.75, 3.05) is 12.3 Å². The Morgan fingerprint density at radius 3 is 2.80 bits per heavy atom. The number of carbonyl (C=O) groups is 1. The third-order valence-electron chi connectivity index (χ3n) is 3.64. The summed E-state index contributed by atoms with van der Waals surface area (Å²) < 4.78 is 1.52. The lowest BCUT2D eigenvalue weighted by atomic mass is 10.2. The lowest BCUT2D eigenvalue weighted by Gasteiger charge is -2.07. The Hall–Kier alpha value is -2.67. The fourth-order valence-electron chi connectivity index (χ4n) is 2.28. The van der Waals surface area contributed by atoms with Crippen LogP contribution >= 0.6 is 11.8 Å². The number of hydrogen-bond donors (Lipinski definition) is 1. The first-order valence-corrected chi connectivity index (χ1v) is 9.13. The molecular weight excluding hydrogens is 334 g/mol. The Bertz CT molecular complexity index is 818. The number of hydrogen-bond acceptors (Lipinski definition) is 5. The molecule has 25 heavy (non-hydrogen) atoms. The standard InChI is InChI=1S/C18H19N5OS/c1-14-5-7-15(8-6-14)12-25-10-9-19-18(24)16-3-2-4-17(11-16)23-13-20-21-22-23/h2-8,11,13H,9-10,12H2,1H3,(H,19,24). The van der Waals surface area contributed by atoms with E-state index in [1.54, 1.807) is 23.9 Å². The van der Waals surface area contributed by atoms with Gasteiger partial charge in [-0.15, -0.1) is 5.10 Å². The van der Waals surface area contributed by atoms with E-state index < -0.39 is 0 Å². The monoisotopic (exact) mass is 353 g/mol. The highest BCUT2D eigenvalue weighted by atomic mass is 32.2. The molecule has 0 aliphatic rings. The van der Waals surface area contributed by atoms with Gasteiger partial charge < -0.3 is 5.32 Å². The molecule has 0 atom stereocenters. The first-order valence-electron chi connectivity index (χ1n) is 7.97. The average molecular weight is 353 g/mol. The number of thioether (sulfide) groups is 1. The highest BCUT2D eigenvalue weighted by Gasteiger charge is 2.07. The van der Waals surface area contributed by atoms with Gasteiger partial charge >= 0.3 is 0 Å². The maximum atomic E-state index is 12.3. The molecule has 0 saturated heterocycles. The minimum Gasteiger partial charge on any atom is -0.351 e. The third kappa shape index (κ3) is 4.90. The summed E-state index contributed by atoms with van der Waals surface area (Å²) in [5.41, 5.74) is 3.92. The van der Waals surface area contributed by atoms with Gasteiger partial charge in [0.25, 0.3) is 5.91 Å². The van der Waals surface area contributed by atoms with E-state index in [0.29, 0.717) is 12.1 Å². The summed E-state index contributed by atoms with van der Waals surface area (Å²) in [6.45, 7) is 2.71. The number of rotatable bonds is 7. The molecule has 0 unspecified atom stereocenters. The molecule has 1 amide bonds. The molecule has 128 valence electrons. The number of nitrogens with zero attached hydrogens (tertiary/aromatic N) is 4. The molecule has 1 heterocycles. The van der Waals surface area contributed by atoms with Crippen molar-refractivity contribution in [2.24, 2.45) is 0 Å². The van der Waals surface area contributed by atoms with Crippen LogP contribution in [0.5, 0.6) is 0 Å². The lowest BCUT2D eigenvalue weighted by molar-refractivity contribution is 0.0956. The largest absolute Gasteiger partial charge is 0.351 e. The zero-order chi connectivity index (χ0) is 17.5. The fraction of sp³-hybridized carbons (Fsp3) is 0.222. The van der Waals surface area contributed by atoms with Crippen molar-refractivity contribution in [3.63, 3.8) is 0 Å². The molecule has 0 bridgehead atoms. The van der Waals surface area contributed by atoms with Gasteiger partial charge in [-0.3, -0.25) is 4.79 Å². The Morgan fingerprint density at radius 1 is 1.20 bits per heavy atom. The van der Waals surface area contributed by atoms with Gasteiger partial charge in [-0.05, 0) is 41.1 Å². The second kappa shape index (κ2) is 8.43. The van der Waals surface area contributed by atoms with E-state index in [1.807, 2.05) is 12.1 Å². The Balaban J connectivity index is 1.45. The molecule has 2 aromatic carbocycles. The second-order valence-corrected chi connectivity index (χ2v) is 6.70. The van der Waals surface area contributed by atoms with Crippen molar-refractivity contribution >= 4 is 17.7 Å². The summed E-state index contributed by atoms with van der Waals surface area (Å²) in [5.74, 6) is 1.72. The average Bonchev–Trinajstić information content (AvgIpc) is 3.18. The summed E-state index contributed by atoms with van der Waals surface area (Å²) in [5, 5.41) is 14.0. The highest BCUT2D eigenvalue weighted by Crippen LogP contribution is 2.13. The highest BCUT2D eigenvalue weighted by molar-refractivity contribution is 7.98. The zero-order valence-corrected chi connectivity index (χ0v) is 14.7. The van der Waals surface area contributed by atoms with Crippen LogP contribution in [0.4, 0.5) is 0 Å². The predicted molar refractivity (Wildman–Crippen MR) is 98.8 cm³/mol. The third-order valence-corrected chi connectivity index (χ3v) is 4.67. The van der Waals surface area contributed by atoms with Crippen LogP contribution in [0.25, 0.3) is 5.69 Å². The van der Waals surface area contributed by atoms with E-state index in [4.69, 9.17) is 0 Å². The van der Waals surface area contributed by atoms with Gasteiger partial charge in [-0.25, -0.2) is 4.68 Å². The van der Waals surface area contributed by atoms with Crippen molar-refractivity contribution in [3.8, 4) is 5.69 Å². The minimum absolute atomic E-state index is 0.0918. The van der Waals surface area contributed by atoms with Crippen LogP contribution < -0.4 is 5.32 Å². The molecular formula is C18H19N5OS. The smallest absolute Gasteiger partial charge is 0.251 e. The van der Waals surface area contributed by atoms with Crippen molar-refractivity contribution in [1.29, 1.82) is 0 Å². The van der Waals surface area contributed by atoms with E-state index >= 15 is 0 Å². The van der Waals surface area contributed by atoms with Crippen LogP contribution in [0, 0.1) is 6.92 Å². The van der Waals surface area contributed by atoms with Crippen molar-refractivity contribution in [2.45, 2.75) is 12.7 Å². The minimum atomic E-state index is -0.0918. The SMILES string of the molecule is Cc1ccc(CSCCNC(=O)c2cccc(-n3cnnn3)c2)cc1. The molecule has 6 nitrogen and oxygen atoms in total. The number of nitrogens with one attached hydrogen (secondary N) is 1. The van der Waals surface area contributed by atoms with Crippen molar-refractivity contribution in [1.82, 2.24) is 25.5 Å². The van der Waals surface area contributed by atoms with E-state index in [0.717, 1.165) is 17.2 Å². The van der Waals surface area contributed by atoms with E-state index in [-0.39, 0.29) is 5.91 Å². The number of amides is 1. The Labute approximate surface area is 150 Å². The van der Waals surface area contributed by atoms with Gasteiger partial charge in [0.05, 0.1) is 5.69 Å². The Morgan fingerprint density at radius 2 is 2.04 bits per heavy atom. The fourth-order valence-corrected chi connectivity index (χ4v) is 3.10. The van der Waals surface area contributed by atoms with Gasteiger partial charge in [0.2, 0.25) is 0 Å². The van der Waals surface area contributed by atoms with Crippen LogP contribution in [0.1, 0.15) is 21.5 Å². The van der Waals surface area contributed by atoms with E-state index in [2.05, 4.69) is 52.0 Å². The van der Waals surface area contributed by atoms with Gasteiger partial charge in [0, 0.05) is 23.6 Å². The maximum absolute atomic E-state index is 12.3. The van der Waals surface area contributed by atoms with E-state index in [1.165, 1.54) is 22.1 Å². The van der Waals surface area contributed by atoms with Gasteiger partial charge in [0.1, 0.15) is 6.33 Å². The van der Waals surface area contributed by atoms with Crippen LogP contribution in [0.2, 0.25) is 0 Å². The number of carbonyl (C=O) groups excluding carboxylic acids is 1. The zero-order valence-electron chi connectivity index (χ0n) is 13.9. The molecule has 3 rings (SSSR count). The van der Waals surface area contributed by atoms with Crippen LogP contribution in [-0.4, -0.2) is 38.4 Å². The molecule has 0 aliphatic heterocycles. The summed E-state index contributed by atoms with van der Waals surface area (Å²) in [7, 11) is 0. The summed E-state index contributed by atoms with van der Waals surface area (Å²) in [6, 6.07) is 15.7. The van der Waals surface area contributed by atoms with Crippen LogP contribution in [-0.2, 0) is 5.75 Å². The number of aromatic nitrogens is 4. The summed E-state index contributed by atoms with van der Waals surface area (Å²) >= 11 is 1.81. The Kier molecular flexibility index (Phi) is 5.79. The van der Waals surface area contributed by atoms with Gasteiger partial charge in [-0.2, -0.15) is 11.8 Å². The molecule has 0 spiro atoms. The molecule has 3 aromatic rings. The quantitative estimate of drug-likeness (QED) is 0.661. The first kappa shape index (κ1) is 17.2.